The highest BCUT2D eigenvalue weighted by Crippen LogP contribution is 2.38. The Morgan fingerprint density at radius 2 is 1.82 bits per heavy atom. The van der Waals surface area contributed by atoms with Crippen LogP contribution in [0.4, 0.5) is 4.39 Å². The Morgan fingerprint density at radius 3 is 2.32 bits per heavy atom. The molecule has 1 fully saturated rings. The number of hydrogen-bond donors (Lipinski definition) is 1. The first-order valence-corrected chi connectivity index (χ1v) is 7.63. The third-order valence-corrected chi connectivity index (χ3v) is 4.43. The molecular formula is C17H25BFNO2. The maximum absolute atomic E-state index is 14.1. The fourth-order valence-corrected chi connectivity index (χ4v) is 2.35. The lowest BCUT2D eigenvalue weighted by Gasteiger charge is -2.32. The third-order valence-electron chi connectivity index (χ3n) is 4.43. The highest BCUT2D eigenvalue weighted by molar-refractivity contribution is 6.55. The van der Waals surface area contributed by atoms with Gasteiger partial charge in [-0.1, -0.05) is 18.2 Å². The van der Waals surface area contributed by atoms with Crippen LogP contribution in [0.1, 0.15) is 38.8 Å². The molecule has 0 atom stereocenters. The first kappa shape index (κ1) is 17.2. The minimum absolute atomic E-state index is 0.231. The van der Waals surface area contributed by atoms with Gasteiger partial charge in [0.15, 0.2) is 0 Å². The SMILES string of the molecule is CNCC(=Cc1ccc(C)cc1F)B1OC(C)(C)C(C)(C)O1. The average Bonchev–Trinajstić information content (AvgIpc) is 2.61. The van der Waals surface area contributed by atoms with E-state index in [0.717, 1.165) is 11.0 Å². The molecule has 1 N–H and O–H groups in total. The zero-order valence-corrected chi connectivity index (χ0v) is 14.3. The second-order valence-electron chi connectivity index (χ2n) is 6.86. The number of rotatable bonds is 4. The van der Waals surface area contributed by atoms with Crippen molar-refractivity contribution in [2.75, 3.05) is 13.6 Å². The quantitative estimate of drug-likeness (QED) is 0.865. The molecule has 5 heteroatoms. The molecule has 1 aromatic rings. The van der Waals surface area contributed by atoms with E-state index < -0.39 is 18.3 Å². The number of aryl methyl sites for hydroxylation is 1. The first-order valence-electron chi connectivity index (χ1n) is 7.63. The summed E-state index contributed by atoms with van der Waals surface area (Å²) in [5.74, 6) is -0.231. The van der Waals surface area contributed by atoms with Gasteiger partial charge >= 0.3 is 7.12 Å². The third kappa shape index (κ3) is 3.42. The van der Waals surface area contributed by atoms with Crippen LogP contribution in [0.2, 0.25) is 0 Å². The Labute approximate surface area is 133 Å². The van der Waals surface area contributed by atoms with Crippen molar-refractivity contribution in [2.45, 2.75) is 45.8 Å². The summed E-state index contributed by atoms with van der Waals surface area (Å²) in [5.41, 5.74) is 1.52. The van der Waals surface area contributed by atoms with E-state index in [4.69, 9.17) is 9.31 Å². The normalized spacial score (nSPS) is 20.5. The Bertz CT molecular complexity index is 568. The summed E-state index contributed by atoms with van der Waals surface area (Å²) in [6.07, 6.45) is 1.81. The first-order chi connectivity index (χ1) is 10.2. The summed E-state index contributed by atoms with van der Waals surface area (Å²) in [4.78, 5) is 0. The molecule has 1 aliphatic rings. The number of benzene rings is 1. The second-order valence-corrected chi connectivity index (χ2v) is 6.86. The highest BCUT2D eigenvalue weighted by atomic mass is 19.1. The Hall–Kier alpha value is -1.17. The highest BCUT2D eigenvalue weighted by Gasteiger charge is 2.52. The van der Waals surface area contributed by atoms with E-state index in [0.29, 0.717) is 12.1 Å². The van der Waals surface area contributed by atoms with E-state index in [1.165, 1.54) is 6.07 Å². The minimum atomic E-state index is -0.474. The van der Waals surface area contributed by atoms with Crippen molar-refractivity contribution in [1.82, 2.24) is 5.32 Å². The Balaban J connectivity index is 2.33. The van der Waals surface area contributed by atoms with Gasteiger partial charge in [-0.05, 0) is 58.8 Å². The number of likely N-dealkylation sites (N-methyl/N-ethyl adjacent to an activating group) is 1. The van der Waals surface area contributed by atoms with Crippen LogP contribution in [-0.2, 0) is 9.31 Å². The zero-order chi connectivity index (χ0) is 16.5. The molecule has 0 spiro atoms. The number of nitrogens with one attached hydrogen (secondary N) is 1. The predicted molar refractivity (Wildman–Crippen MR) is 89.1 cm³/mol. The summed E-state index contributed by atoms with van der Waals surface area (Å²) in [6, 6.07) is 5.22. The maximum atomic E-state index is 14.1. The van der Waals surface area contributed by atoms with Gasteiger partial charge in [-0.25, -0.2) is 4.39 Å². The minimum Gasteiger partial charge on any atom is -0.400 e. The van der Waals surface area contributed by atoms with E-state index in [-0.39, 0.29) is 5.82 Å². The molecule has 0 unspecified atom stereocenters. The van der Waals surface area contributed by atoms with Crippen LogP contribution in [0.25, 0.3) is 6.08 Å². The molecule has 0 saturated carbocycles. The monoisotopic (exact) mass is 305 g/mol. The van der Waals surface area contributed by atoms with Crippen molar-refractivity contribution in [2.24, 2.45) is 0 Å². The molecule has 1 saturated heterocycles. The van der Waals surface area contributed by atoms with Crippen molar-refractivity contribution < 1.29 is 13.7 Å². The molecular weight excluding hydrogens is 280 g/mol. The number of halogens is 1. The predicted octanol–water partition coefficient (Wildman–Crippen LogP) is 3.37. The van der Waals surface area contributed by atoms with E-state index in [9.17, 15) is 4.39 Å². The fraction of sp³-hybridized carbons (Fsp3) is 0.529. The fourth-order valence-electron chi connectivity index (χ4n) is 2.35. The van der Waals surface area contributed by atoms with Gasteiger partial charge in [-0.3, -0.25) is 0 Å². The van der Waals surface area contributed by atoms with Crippen LogP contribution in [0.3, 0.4) is 0 Å². The summed E-state index contributed by atoms with van der Waals surface area (Å²) >= 11 is 0. The van der Waals surface area contributed by atoms with E-state index >= 15 is 0 Å². The molecule has 0 radical (unpaired) electrons. The smallest absolute Gasteiger partial charge is 0.400 e. The van der Waals surface area contributed by atoms with Crippen molar-refractivity contribution in [3.63, 3.8) is 0 Å². The van der Waals surface area contributed by atoms with Crippen LogP contribution in [0, 0.1) is 12.7 Å². The molecule has 1 aliphatic heterocycles. The van der Waals surface area contributed by atoms with E-state index in [1.807, 2.05) is 53.8 Å². The van der Waals surface area contributed by atoms with E-state index in [2.05, 4.69) is 5.32 Å². The van der Waals surface area contributed by atoms with Crippen LogP contribution < -0.4 is 5.32 Å². The van der Waals surface area contributed by atoms with Crippen LogP contribution in [0.15, 0.2) is 23.7 Å². The van der Waals surface area contributed by atoms with Crippen molar-refractivity contribution >= 4 is 13.2 Å². The topological polar surface area (TPSA) is 30.5 Å². The summed E-state index contributed by atoms with van der Waals surface area (Å²) in [7, 11) is 1.38. The molecule has 0 aliphatic carbocycles. The maximum Gasteiger partial charge on any atom is 0.491 e. The standard InChI is InChI=1S/C17H25BFNO2/c1-12-7-8-13(15(19)9-12)10-14(11-20-6)18-21-16(2,3)17(4,5)22-18/h7-10,20H,11H2,1-6H3. The molecule has 0 bridgehead atoms. The molecule has 0 aromatic heterocycles. The molecule has 2 rings (SSSR count). The second kappa shape index (κ2) is 6.15. The molecule has 120 valence electrons. The van der Waals surface area contributed by atoms with Crippen molar-refractivity contribution in [1.29, 1.82) is 0 Å². The van der Waals surface area contributed by atoms with Gasteiger partial charge in [0.1, 0.15) is 5.82 Å². The Kier molecular flexibility index (Phi) is 4.80. The van der Waals surface area contributed by atoms with Gasteiger partial charge in [0.2, 0.25) is 0 Å². The van der Waals surface area contributed by atoms with Crippen molar-refractivity contribution in [3.8, 4) is 0 Å². The average molecular weight is 305 g/mol. The summed E-state index contributed by atoms with van der Waals surface area (Å²) in [5, 5.41) is 3.10. The van der Waals surface area contributed by atoms with Gasteiger partial charge < -0.3 is 14.6 Å². The molecule has 0 amide bonds. The van der Waals surface area contributed by atoms with Crippen LogP contribution >= 0.6 is 0 Å². The van der Waals surface area contributed by atoms with Gasteiger partial charge in [-0.2, -0.15) is 0 Å². The van der Waals surface area contributed by atoms with Gasteiger partial charge in [0.25, 0.3) is 0 Å². The lowest BCUT2D eigenvalue weighted by atomic mass is 9.77. The lowest BCUT2D eigenvalue weighted by molar-refractivity contribution is 0.00578. The largest absolute Gasteiger partial charge is 0.491 e. The van der Waals surface area contributed by atoms with Gasteiger partial charge in [0, 0.05) is 12.1 Å². The number of hydrogen-bond acceptors (Lipinski definition) is 3. The molecule has 22 heavy (non-hydrogen) atoms. The van der Waals surface area contributed by atoms with Crippen LogP contribution in [-0.4, -0.2) is 31.9 Å². The Morgan fingerprint density at radius 1 is 1.23 bits per heavy atom. The van der Waals surface area contributed by atoms with Gasteiger partial charge in [0.05, 0.1) is 11.2 Å². The van der Waals surface area contributed by atoms with Crippen molar-refractivity contribution in [3.05, 3.63) is 40.6 Å². The van der Waals surface area contributed by atoms with Gasteiger partial charge in [-0.15, -0.1) is 0 Å². The molecule has 1 aromatic carbocycles. The summed E-state index contributed by atoms with van der Waals surface area (Å²) in [6.45, 7) is 10.5. The van der Waals surface area contributed by atoms with Crippen LogP contribution in [0.5, 0.6) is 0 Å². The van der Waals surface area contributed by atoms with E-state index in [1.54, 1.807) is 6.07 Å². The summed E-state index contributed by atoms with van der Waals surface area (Å²) < 4.78 is 26.2. The molecule has 3 nitrogen and oxygen atoms in total. The zero-order valence-electron chi connectivity index (χ0n) is 14.3. The molecule has 1 heterocycles. The lowest BCUT2D eigenvalue weighted by Crippen LogP contribution is -2.41.